The van der Waals surface area contributed by atoms with Crippen LogP contribution in [0.15, 0.2) is 84.8 Å². The van der Waals surface area contributed by atoms with Crippen LogP contribution in [0.5, 0.6) is 0 Å². The van der Waals surface area contributed by atoms with Crippen molar-refractivity contribution >= 4 is 40.4 Å². The predicted molar refractivity (Wildman–Crippen MR) is 137 cm³/mol. The average molecular weight is 458 g/mol. The summed E-state index contributed by atoms with van der Waals surface area (Å²) in [6.07, 6.45) is 5.41. The van der Waals surface area contributed by atoms with Gasteiger partial charge in [-0.2, -0.15) is 0 Å². The molecule has 4 aromatic rings. The largest absolute Gasteiger partial charge is 0.366 e. The first kappa shape index (κ1) is 23.7. The van der Waals surface area contributed by atoms with Gasteiger partial charge in [0.05, 0.1) is 16.1 Å². The van der Waals surface area contributed by atoms with Crippen molar-refractivity contribution in [2.24, 2.45) is 5.73 Å². The zero-order valence-electron chi connectivity index (χ0n) is 18.3. The third kappa shape index (κ3) is 4.94. The van der Waals surface area contributed by atoms with Gasteiger partial charge in [0.25, 0.3) is 5.56 Å². The number of aryl methyl sites for hydroxylation is 1. The maximum absolute atomic E-state index is 12.8. The molecule has 2 N–H and O–H groups in total. The Morgan fingerprint density at radius 2 is 1.82 bits per heavy atom. The Morgan fingerprint density at radius 3 is 2.42 bits per heavy atom. The summed E-state index contributed by atoms with van der Waals surface area (Å²) in [7, 11) is 0. The van der Waals surface area contributed by atoms with E-state index in [0.717, 1.165) is 23.2 Å². The molecular formula is C27H24ClN3O2. The van der Waals surface area contributed by atoms with Crippen LogP contribution in [-0.4, -0.2) is 15.5 Å². The van der Waals surface area contributed by atoms with Crippen molar-refractivity contribution in [3.63, 3.8) is 0 Å². The molecule has 2 heterocycles. The highest BCUT2D eigenvalue weighted by Gasteiger charge is 2.12. The number of nitrogens with two attached hydrogens (primary N) is 1. The Hall–Kier alpha value is -3.96. The summed E-state index contributed by atoms with van der Waals surface area (Å²) in [6.45, 7) is 9.21. The molecule has 2 aromatic heterocycles. The standard InChI is InChI=1S/C17H14ClNO.C10H10N2O/c1-2-13-11-12-7-6-10-15(18)16(12)17(20)19(13)14-8-4-3-5-9-14;1-3-7-8(10(11)13)5-6-12-9(7)4-2/h3-11H,2H2,1H3;3-6H,1-2H2,(H2,11,13). The zero-order valence-corrected chi connectivity index (χ0v) is 19.0. The number of nitrogens with zero attached hydrogens (tertiary/aromatic N) is 2. The van der Waals surface area contributed by atoms with E-state index in [1.165, 1.54) is 6.20 Å². The van der Waals surface area contributed by atoms with Gasteiger partial charge in [-0.15, -0.1) is 0 Å². The van der Waals surface area contributed by atoms with Crippen molar-refractivity contribution in [3.05, 3.63) is 118 Å². The minimum atomic E-state index is -0.486. The number of pyridine rings is 2. The van der Waals surface area contributed by atoms with Crippen LogP contribution in [0.25, 0.3) is 28.6 Å². The first-order valence-corrected chi connectivity index (χ1v) is 10.7. The number of aromatic nitrogens is 2. The molecule has 0 fully saturated rings. The van der Waals surface area contributed by atoms with Crippen LogP contribution in [0.2, 0.25) is 5.02 Å². The molecule has 4 rings (SSSR count). The Bertz CT molecular complexity index is 1390. The third-order valence-electron chi connectivity index (χ3n) is 5.13. The molecule has 0 aliphatic carbocycles. The Morgan fingerprint density at radius 1 is 1.09 bits per heavy atom. The van der Waals surface area contributed by atoms with E-state index in [2.05, 4.69) is 18.1 Å². The summed E-state index contributed by atoms with van der Waals surface area (Å²) in [5.41, 5.74) is 8.62. The van der Waals surface area contributed by atoms with E-state index in [1.807, 2.05) is 55.5 Å². The van der Waals surface area contributed by atoms with Crippen molar-refractivity contribution in [3.8, 4) is 5.69 Å². The van der Waals surface area contributed by atoms with Gasteiger partial charge >= 0.3 is 0 Å². The minimum Gasteiger partial charge on any atom is -0.366 e. The molecule has 0 atom stereocenters. The normalized spacial score (nSPS) is 10.2. The lowest BCUT2D eigenvalue weighted by molar-refractivity contribution is 0.1000. The number of rotatable bonds is 5. The molecule has 2 aromatic carbocycles. The molecule has 6 heteroatoms. The minimum absolute atomic E-state index is 0.0591. The van der Waals surface area contributed by atoms with E-state index < -0.39 is 5.91 Å². The van der Waals surface area contributed by atoms with Gasteiger partial charge in [0, 0.05) is 28.7 Å². The van der Waals surface area contributed by atoms with Gasteiger partial charge in [-0.1, -0.05) is 68.1 Å². The number of hydrogen-bond donors (Lipinski definition) is 1. The van der Waals surface area contributed by atoms with Crippen LogP contribution < -0.4 is 11.3 Å². The first-order chi connectivity index (χ1) is 15.9. The second-order valence-corrected chi connectivity index (χ2v) is 7.51. The number of benzene rings is 2. The number of halogens is 1. The second kappa shape index (κ2) is 10.6. The summed E-state index contributed by atoms with van der Waals surface area (Å²) < 4.78 is 1.74. The van der Waals surface area contributed by atoms with Gasteiger partial charge in [-0.25, -0.2) is 0 Å². The number of hydrogen-bond acceptors (Lipinski definition) is 3. The van der Waals surface area contributed by atoms with Gasteiger partial charge in [-0.05, 0) is 48.2 Å². The van der Waals surface area contributed by atoms with Gasteiger partial charge in [0.15, 0.2) is 0 Å². The number of primary amides is 1. The number of amides is 1. The molecule has 1 amide bonds. The van der Waals surface area contributed by atoms with Crippen LogP contribution >= 0.6 is 11.6 Å². The molecule has 5 nitrogen and oxygen atoms in total. The predicted octanol–water partition coefficient (Wildman–Crippen LogP) is 5.67. The highest BCUT2D eigenvalue weighted by molar-refractivity contribution is 6.35. The summed E-state index contributed by atoms with van der Waals surface area (Å²) >= 11 is 6.20. The number of para-hydroxylation sites is 1. The first-order valence-electron chi connectivity index (χ1n) is 10.3. The smallest absolute Gasteiger partial charge is 0.264 e. The molecule has 0 unspecified atom stereocenters. The van der Waals surface area contributed by atoms with Crippen molar-refractivity contribution in [1.29, 1.82) is 0 Å². The second-order valence-electron chi connectivity index (χ2n) is 7.10. The Kier molecular flexibility index (Phi) is 7.59. The van der Waals surface area contributed by atoms with E-state index in [0.29, 0.717) is 27.2 Å². The monoisotopic (exact) mass is 457 g/mol. The molecule has 166 valence electrons. The van der Waals surface area contributed by atoms with Crippen molar-refractivity contribution < 1.29 is 4.79 Å². The Balaban J connectivity index is 0.000000205. The fraction of sp³-hybridized carbons (Fsp3) is 0.0741. The third-order valence-corrected chi connectivity index (χ3v) is 5.45. The van der Waals surface area contributed by atoms with Crippen LogP contribution in [0.3, 0.4) is 0 Å². The molecule has 0 aliphatic heterocycles. The van der Waals surface area contributed by atoms with E-state index >= 15 is 0 Å². The van der Waals surface area contributed by atoms with Gasteiger partial charge < -0.3 is 5.73 Å². The molecule has 0 radical (unpaired) electrons. The summed E-state index contributed by atoms with van der Waals surface area (Å²) in [4.78, 5) is 27.8. The average Bonchev–Trinajstić information content (AvgIpc) is 2.84. The van der Waals surface area contributed by atoms with Gasteiger partial charge in [0.2, 0.25) is 5.91 Å². The summed E-state index contributed by atoms with van der Waals surface area (Å²) in [5, 5.41) is 1.97. The van der Waals surface area contributed by atoms with E-state index in [-0.39, 0.29) is 5.56 Å². The zero-order chi connectivity index (χ0) is 24.0. The molecule has 0 bridgehead atoms. The summed E-state index contributed by atoms with van der Waals surface area (Å²) in [6, 6.07) is 18.8. The fourth-order valence-corrected chi connectivity index (χ4v) is 3.84. The number of carbonyl (C=O) groups excluding carboxylic acids is 1. The van der Waals surface area contributed by atoms with E-state index in [9.17, 15) is 9.59 Å². The lowest BCUT2D eigenvalue weighted by atomic mass is 10.1. The summed E-state index contributed by atoms with van der Waals surface area (Å²) in [5.74, 6) is -0.486. The number of carbonyl (C=O) groups is 1. The highest BCUT2D eigenvalue weighted by Crippen LogP contribution is 2.22. The number of fused-ring (bicyclic) bond motifs is 1. The van der Waals surface area contributed by atoms with E-state index in [4.69, 9.17) is 17.3 Å². The highest BCUT2D eigenvalue weighted by atomic mass is 35.5. The molecule has 0 saturated heterocycles. The lowest BCUT2D eigenvalue weighted by Crippen LogP contribution is -2.22. The van der Waals surface area contributed by atoms with Gasteiger partial charge in [0.1, 0.15) is 0 Å². The Labute approximate surface area is 197 Å². The fourth-order valence-electron chi connectivity index (χ4n) is 3.57. The van der Waals surface area contributed by atoms with E-state index in [1.54, 1.807) is 28.9 Å². The molecular weight excluding hydrogens is 434 g/mol. The van der Waals surface area contributed by atoms with Crippen LogP contribution in [0.1, 0.15) is 34.2 Å². The maximum atomic E-state index is 12.8. The van der Waals surface area contributed by atoms with Crippen molar-refractivity contribution in [2.75, 3.05) is 0 Å². The van der Waals surface area contributed by atoms with Crippen LogP contribution in [-0.2, 0) is 6.42 Å². The quantitative estimate of drug-likeness (QED) is 0.419. The van der Waals surface area contributed by atoms with Gasteiger partial charge in [-0.3, -0.25) is 19.1 Å². The van der Waals surface area contributed by atoms with Crippen molar-refractivity contribution in [2.45, 2.75) is 13.3 Å². The topological polar surface area (TPSA) is 78.0 Å². The van der Waals surface area contributed by atoms with Crippen LogP contribution in [0, 0.1) is 0 Å². The van der Waals surface area contributed by atoms with Crippen molar-refractivity contribution in [1.82, 2.24) is 9.55 Å². The molecule has 0 aliphatic rings. The molecule has 33 heavy (non-hydrogen) atoms. The lowest BCUT2D eigenvalue weighted by Gasteiger charge is -2.14. The maximum Gasteiger partial charge on any atom is 0.264 e. The SMILES string of the molecule is C=Cc1nccc(C(N)=O)c1C=C.CCc1cc2cccc(Cl)c2c(=O)n1-c1ccccc1. The van der Waals surface area contributed by atoms with Crippen LogP contribution in [0.4, 0.5) is 0 Å². The molecule has 0 spiro atoms. The molecule has 0 saturated carbocycles.